The molecule has 1 saturated heterocycles. The lowest BCUT2D eigenvalue weighted by Crippen LogP contribution is -3.09. The van der Waals surface area contributed by atoms with Crippen molar-refractivity contribution in [3.05, 3.63) is 29.8 Å². The van der Waals surface area contributed by atoms with Gasteiger partial charge in [-0.2, -0.15) is 0 Å². The highest BCUT2D eigenvalue weighted by atomic mass is 35.5. The zero-order valence-electron chi connectivity index (χ0n) is 13.2. The van der Waals surface area contributed by atoms with Crippen molar-refractivity contribution in [1.29, 1.82) is 0 Å². The van der Waals surface area contributed by atoms with E-state index in [9.17, 15) is 13.2 Å². The van der Waals surface area contributed by atoms with Crippen LogP contribution < -0.4 is 10.2 Å². The van der Waals surface area contributed by atoms with Gasteiger partial charge in [-0.05, 0) is 18.4 Å². The first-order chi connectivity index (χ1) is 10.8. The molecule has 128 valence electrons. The molecule has 0 bridgehead atoms. The molecule has 1 aromatic rings. The molecule has 1 aliphatic heterocycles. The van der Waals surface area contributed by atoms with Crippen LogP contribution in [0.4, 0.5) is 0 Å². The van der Waals surface area contributed by atoms with Crippen molar-refractivity contribution in [2.24, 2.45) is 0 Å². The first-order valence-corrected chi connectivity index (χ1v) is 10.9. The predicted octanol–water partition coefficient (Wildman–Crippen LogP) is -0.0562. The number of halogens is 1. The number of nitrogens with one attached hydrogen (secondary N) is 2. The van der Waals surface area contributed by atoms with E-state index in [0.29, 0.717) is 0 Å². The van der Waals surface area contributed by atoms with Crippen molar-refractivity contribution in [2.75, 3.05) is 31.4 Å². The maximum Gasteiger partial charge on any atom is 0.275 e. The standard InChI is InChI=1S/C15H21ClN2O3S2/c1-18(7-11-3-5-12(22-2)6-4-11)8-15(19)17-14-10-23(20,21)9-13(14)16/h3-6,13-14H,7-10H2,1-2H3,(H,17,19)/p+1/t13-,14+/m0/s1. The van der Waals surface area contributed by atoms with Gasteiger partial charge in [-0.1, -0.05) is 12.1 Å². The molecule has 0 saturated carbocycles. The summed E-state index contributed by atoms with van der Waals surface area (Å²) in [5.41, 5.74) is 1.16. The molecule has 8 heteroatoms. The van der Waals surface area contributed by atoms with E-state index < -0.39 is 21.3 Å². The van der Waals surface area contributed by atoms with Gasteiger partial charge < -0.3 is 10.2 Å². The van der Waals surface area contributed by atoms with Crippen LogP contribution >= 0.6 is 23.4 Å². The van der Waals surface area contributed by atoms with Gasteiger partial charge in [0.25, 0.3) is 5.91 Å². The van der Waals surface area contributed by atoms with Crippen LogP contribution in [0.3, 0.4) is 0 Å². The number of carbonyl (C=O) groups excluding carboxylic acids is 1. The largest absolute Gasteiger partial charge is 0.346 e. The SMILES string of the molecule is CSc1ccc(C[NH+](C)CC(=O)N[C@@H]2CS(=O)(=O)C[C@@H]2Cl)cc1. The Kier molecular flexibility index (Phi) is 6.36. The third-order valence-corrected chi connectivity index (χ3v) is 6.88. The van der Waals surface area contributed by atoms with E-state index in [1.165, 1.54) is 4.90 Å². The molecule has 1 amide bonds. The number of hydrogen-bond donors (Lipinski definition) is 2. The van der Waals surface area contributed by atoms with Crippen LogP contribution in [-0.2, 0) is 21.2 Å². The van der Waals surface area contributed by atoms with Crippen LogP contribution in [0, 0.1) is 0 Å². The molecule has 2 rings (SSSR count). The number of thioether (sulfide) groups is 1. The molecule has 0 aromatic heterocycles. The molecular weight excluding hydrogens is 356 g/mol. The average Bonchev–Trinajstić information content (AvgIpc) is 2.71. The van der Waals surface area contributed by atoms with E-state index in [2.05, 4.69) is 29.6 Å². The molecule has 1 aromatic carbocycles. The van der Waals surface area contributed by atoms with E-state index >= 15 is 0 Å². The van der Waals surface area contributed by atoms with E-state index in [-0.39, 0.29) is 24.0 Å². The summed E-state index contributed by atoms with van der Waals surface area (Å²) >= 11 is 7.69. The number of carbonyl (C=O) groups is 1. The normalized spacial score (nSPS) is 24.3. The summed E-state index contributed by atoms with van der Waals surface area (Å²) in [7, 11) is -1.19. The van der Waals surface area contributed by atoms with Gasteiger partial charge in [0.1, 0.15) is 6.54 Å². The van der Waals surface area contributed by atoms with Crippen molar-refractivity contribution in [2.45, 2.75) is 22.9 Å². The molecule has 1 heterocycles. The highest BCUT2D eigenvalue weighted by molar-refractivity contribution is 7.98. The Labute approximate surface area is 146 Å². The first-order valence-electron chi connectivity index (χ1n) is 7.37. The second kappa shape index (κ2) is 7.88. The zero-order valence-corrected chi connectivity index (χ0v) is 15.6. The molecule has 3 atom stereocenters. The molecule has 0 spiro atoms. The number of hydrogen-bond acceptors (Lipinski definition) is 4. The van der Waals surface area contributed by atoms with Gasteiger partial charge in [0.2, 0.25) is 0 Å². The Bertz CT molecular complexity index is 649. The first kappa shape index (κ1) is 18.6. The molecule has 2 N–H and O–H groups in total. The molecular formula is C15H22ClN2O3S2+. The number of quaternary nitrogens is 1. The van der Waals surface area contributed by atoms with Crippen molar-refractivity contribution in [3.8, 4) is 0 Å². The van der Waals surface area contributed by atoms with Crippen molar-refractivity contribution in [1.82, 2.24) is 5.32 Å². The van der Waals surface area contributed by atoms with Crippen molar-refractivity contribution >= 4 is 39.1 Å². The van der Waals surface area contributed by atoms with E-state index in [1.807, 2.05) is 13.3 Å². The van der Waals surface area contributed by atoms with Crippen LogP contribution in [0.15, 0.2) is 29.2 Å². The number of alkyl halides is 1. The lowest BCUT2D eigenvalue weighted by Gasteiger charge is -2.17. The second-order valence-electron chi connectivity index (χ2n) is 5.93. The Morgan fingerprint density at radius 2 is 2.00 bits per heavy atom. The van der Waals surface area contributed by atoms with Gasteiger partial charge >= 0.3 is 0 Å². The molecule has 5 nitrogen and oxygen atoms in total. The Morgan fingerprint density at radius 1 is 1.35 bits per heavy atom. The van der Waals surface area contributed by atoms with Gasteiger partial charge in [0.15, 0.2) is 16.4 Å². The average molecular weight is 378 g/mol. The Morgan fingerprint density at radius 3 is 2.52 bits per heavy atom. The minimum Gasteiger partial charge on any atom is -0.346 e. The van der Waals surface area contributed by atoms with Crippen LogP contribution in [0.25, 0.3) is 0 Å². The summed E-state index contributed by atoms with van der Waals surface area (Å²) in [5, 5.41) is 2.21. The maximum absolute atomic E-state index is 12.1. The van der Waals surface area contributed by atoms with Gasteiger partial charge in [-0.3, -0.25) is 4.79 Å². The number of likely N-dealkylation sites (N-methyl/N-ethyl adjacent to an activating group) is 1. The summed E-state index contributed by atoms with van der Waals surface area (Å²) < 4.78 is 23.0. The lowest BCUT2D eigenvalue weighted by atomic mass is 10.2. The molecule has 1 fully saturated rings. The molecule has 1 unspecified atom stereocenters. The second-order valence-corrected chi connectivity index (χ2v) is 9.52. The molecule has 1 aliphatic rings. The van der Waals surface area contributed by atoms with Gasteiger partial charge in [-0.15, -0.1) is 23.4 Å². The molecule has 0 radical (unpaired) electrons. The fourth-order valence-electron chi connectivity index (χ4n) is 2.62. The topological polar surface area (TPSA) is 67.7 Å². The zero-order chi connectivity index (χ0) is 17.0. The van der Waals surface area contributed by atoms with Crippen molar-refractivity contribution in [3.63, 3.8) is 0 Å². The van der Waals surface area contributed by atoms with Crippen LogP contribution in [0.1, 0.15) is 5.56 Å². The third-order valence-electron chi connectivity index (χ3n) is 3.76. The minimum atomic E-state index is -3.13. The van der Waals surface area contributed by atoms with Crippen LogP contribution in [0.2, 0.25) is 0 Å². The van der Waals surface area contributed by atoms with Gasteiger partial charge in [-0.25, -0.2) is 8.42 Å². The number of amides is 1. The smallest absolute Gasteiger partial charge is 0.275 e. The van der Waals surface area contributed by atoms with Gasteiger partial charge in [0, 0.05) is 10.5 Å². The third kappa shape index (κ3) is 5.67. The summed E-state index contributed by atoms with van der Waals surface area (Å²) in [6.07, 6.45) is 2.03. The van der Waals surface area contributed by atoms with Gasteiger partial charge in [0.05, 0.1) is 30.0 Å². The van der Waals surface area contributed by atoms with E-state index in [4.69, 9.17) is 11.6 Å². The van der Waals surface area contributed by atoms with E-state index in [0.717, 1.165) is 17.0 Å². The predicted molar refractivity (Wildman–Crippen MR) is 93.9 cm³/mol. The number of sulfone groups is 1. The molecule has 0 aliphatic carbocycles. The van der Waals surface area contributed by atoms with Crippen molar-refractivity contribution < 1.29 is 18.1 Å². The monoisotopic (exact) mass is 377 g/mol. The summed E-state index contributed by atoms with van der Waals surface area (Å²) in [6.45, 7) is 1.01. The minimum absolute atomic E-state index is 0.0655. The molecule has 23 heavy (non-hydrogen) atoms. The summed E-state index contributed by atoms with van der Waals surface area (Å²) in [5.74, 6) is -0.303. The highest BCUT2D eigenvalue weighted by Gasteiger charge is 2.37. The maximum atomic E-state index is 12.1. The Hall–Kier alpha value is -0.760. The fraction of sp³-hybridized carbons (Fsp3) is 0.533. The number of benzene rings is 1. The van der Waals surface area contributed by atoms with Crippen LogP contribution in [0.5, 0.6) is 0 Å². The summed E-state index contributed by atoms with van der Waals surface area (Å²) in [4.78, 5) is 14.3. The fourth-order valence-corrected chi connectivity index (χ4v) is 5.58. The lowest BCUT2D eigenvalue weighted by molar-refractivity contribution is -0.885. The number of rotatable bonds is 6. The highest BCUT2D eigenvalue weighted by Crippen LogP contribution is 2.17. The Balaban J connectivity index is 1.82. The van der Waals surface area contributed by atoms with Crippen LogP contribution in [-0.4, -0.2) is 57.1 Å². The quantitative estimate of drug-likeness (QED) is 0.538. The van der Waals surface area contributed by atoms with E-state index in [1.54, 1.807) is 11.8 Å². The summed E-state index contributed by atoms with van der Waals surface area (Å²) in [6, 6.07) is 7.77.